The molecule has 1 saturated heterocycles. The first-order valence-electron chi connectivity index (χ1n) is 6.12. The minimum atomic E-state index is -0.893. The average molecular weight is 543 g/mol. The van der Waals surface area contributed by atoms with Crippen molar-refractivity contribution in [3.05, 3.63) is 0 Å². The fraction of sp³-hybridized carbons (Fsp3) is 0.667. The molecular formula is C9H15Br3N6O6. The van der Waals surface area contributed by atoms with Gasteiger partial charge in [0, 0.05) is 48.4 Å². The summed E-state index contributed by atoms with van der Waals surface area (Å²) in [4.78, 5) is 34.6. The van der Waals surface area contributed by atoms with Gasteiger partial charge in [-0.05, 0) is 0 Å². The number of nitrogens with one attached hydrogen (secondary N) is 3. The maximum absolute atomic E-state index is 11.5. The number of hydrogen-bond donors (Lipinski definition) is 3. The summed E-state index contributed by atoms with van der Waals surface area (Å²) in [6.07, 6.45) is -4.91. The SMILES string of the molecule is COC(=O)NC1N(Br)C(NC(=O)OC)N(Br)C(NC(=O)OC)N1Br. The Bertz CT molecular complexity index is 408. The summed E-state index contributed by atoms with van der Waals surface area (Å²) in [5.41, 5.74) is 0. The molecule has 0 aromatic carbocycles. The van der Waals surface area contributed by atoms with Crippen LogP contribution in [0.15, 0.2) is 0 Å². The molecule has 12 nitrogen and oxygen atoms in total. The van der Waals surface area contributed by atoms with Gasteiger partial charge in [-0.3, -0.25) is 16.0 Å². The van der Waals surface area contributed by atoms with Crippen LogP contribution in [0.5, 0.6) is 0 Å². The van der Waals surface area contributed by atoms with Crippen molar-refractivity contribution >= 4 is 66.7 Å². The summed E-state index contributed by atoms with van der Waals surface area (Å²) in [5, 5.41) is 7.49. The van der Waals surface area contributed by atoms with Crippen molar-refractivity contribution in [1.29, 1.82) is 0 Å². The van der Waals surface area contributed by atoms with Crippen LogP contribution in [0.1, 0.15) is 0 Å². The molecule has 0 saturated carbocycles. The number of carbonyl (C=O) groups excluding carboxylic acids is 3. The van der Waals surface area contributed by atoms with Gasteiger partial charge in [0.05, 0.1) is 21.3 Å². The molecule has 0 bridgehead atoms. The number of amides is 3. The summed E-state index contributed by atoms with van der Waals surface area (Å²) in [7, 11) is 3.58. The maximum Gasteiger partial charge on any atom is 0.409 e. The van der Waals surface area contributed by atoms with E-state index in [4.69, 9.17) is 0 Å². The number of hydrogen-bond acceptors (Lipinski definition) is 9. The minimum Gasteiger partial charge on any atom is -0.453 e. The zero-order chi connectivity index (χ0) is 18.4. The molecule has 3 amide bonds. The normalized spacial score (nSPS) is 25.5. The van der Waals surface area contributed by atoms with E-state index in [9.17, 15) is 14.4 Å². The number of alkyl carbamates (subject to hydrolysis) is 3. The average Bonchev–Trinajstić information content (AvgIpc) is 2.58. The fourth-order valence-electron chi connectivity index (χ4n) is 1.58. The van der Waals surface area contributed by atoms with Gasteiger partial charge in [-0.25, -0.2) is 14.4 Å². The number of carbonyl (C=O) groups is 3. The third-order valence-electron chi connectivity index (χ3n) is 2.70. The Morgan fingerprint density at radius 2 is 0.875 bits per heavy atom. The van der Waals surface area contributed by atoms with E-state index < -0.39 is 37.1 Å². The minimum absolute atomic E-state index is 0.745. The van der Waals surface area contributed by atoms with Gasteiger partial charge < -0.3 is 14.2 Å². The Morgan fingerprint density at radius 1 is 0.667 bits per heavy atom. The van der Waals surface area contributed by atoms with Gasteiger partial charge >= 0.3 is 18.3 Å². The Hall–Kier alpha value is -0.870. The van der Waals surface area contributed by atoms with Crippen LogP contribution in [0.4, 0.5) is 14.4 Å². The lowest BCUT2D eigenvalue weighted by Gasteiger charge is -2.49. The third kappa shape index (κ3) is 5.06. The molecule has 0 aromatic heterocycles. The van der Waals surface area contributed by atoms with Crippen molar-refractivity contribution in [3.63, 3.8) is 0 Å². The van der Waals surface area contributed by atoms with E-state index in [1.807, 2.05) is 0 Å². The van der Waals surface area contributed by atoms with E-state index >= 15 is 0 Å². The number of methoxy groups -OCH3 is 3. The highest BCUT2D eigenvalue weighted by molar-refractivity contribution is 9.08. The third-order valence-corrected chi connectivity index (χ3v) is 5.03. The smallest absolute Gasteiger partial charge is 0.409 e. The van der Waals surface area contributed by atoms with Gasteiger partial charge in [-0.15, -0.1) is 0 Å². The first kappa shape index (κ1) is 21.2. The Kier molecular flexibility index (Phi) is 8.44. The van der Waals surface area contributed by atoms with Gasteiger partial charge in [-0.2, -0.15) is 11.8 Å². The van der Waals surface area contributed by atoms with Crippen LogP contribution < -0.4 is 16.0 Å². The highest BCUT2D eigenvalue weighted by atomic mass is 79.9. The monoisotopic (exact) mass is 540 g/mol. The zero-order valence-corrected chi connectivity index (χ0v) is 17.4. The predicted molar refractivity (Wildman–Crippen MR) is 90.3 cm³/mol. The number of rotatable bonds is 3. The largest absolute Gasteiger partial charge is 0.453 e. The molecule has 0 aromatic rings. The number of ether oxygens (including phenoxy) is 3. The highest BCUT2D eigenvalue weighted by Crippen LogP contribution is 2.30. The Labute approximate surface area is 163 Å². The first-order chi connectivity index (χ1) is 11.3. The van der Waals surface area contributed by atoms with Gasteiger partial charge in [0.1, 0.15) is 0 Å². The summed E-state index contributed by atoms with van der Waals surface area (Å²) in [6.45, 7) is 0. The summed E-state index contributed by atoms with van der Waals surface area (Å²) < 4.78 is 17.8. The molecule has 0 atom stereocenters. The molecule has 1 fully saturated rings. The molecule has 1 heterocycles. The van der Waals surface area contributed by atoms with Crippen LogP contribution in [0.2, 0.25) is 0 Å². The van der Waals surface area contributed by atoms with E-state index in [2.05, 4.69) is 78.6 Å². The molecule has 3 N–H and O–H groups in total. The van der Waals surface area contributed by atoms with Crippen molar-refractivity contribution in [1.82, 2.24) is 27.7 Å². The lowest BCUT2D eigenvalue weighted by molar-refractivity contribution is -0.0522. The lowest BCUT2D eigenvalue weighted by atomic mass is 10.5. The van der Waals surface area contributed by atoms with Crippen LogP contribution in [-0.4, -0.2) is 70.3 Å². The molecule has 24 heavy (non-hydrogen) atoms. The van der Waals surface area contributed by atoms with Crippen molar-refractivity contribution in [2.45, 2.75) is 18.9 Å². The van der Waals surface area contributed by atoms with Crippen LogP contribution >= 0.6 is 48.4 Å². The number of halogens is 3. The van der Waals surface area contributed by atoms with Crippen LogP contribution in [0.25, 0.3) is 0 Å². The van der Waals surface area contributed by atoms with Crippen molar-refractivity contribution in [2.75, 3.05) is 21.3 Å². The fourth-order valence-corrected chi connectivity index (χ4v) is 4.12. The summed E-state index contributed by atoms with van der Waals surface area (Å²) in [6, 6.07) is 0. The standard InChI is InChI=1S/C9H15Br3N6O6/c1-22-7(19)13-4-16(10)5(14-8(20)23-2)18(12)6(17(4)11)15-9(21)24-3/h4-6H,1-3H3,(H,13,19)(H,14,20)(H,15,21). The summed E-state index contributed by atoms with van der Waals surface area (Å²) >= 11 is 9.70. The zero-order valence-electron chi connectivity index (χ0n) is 12.7. The predicted octanol–water partition coefficient (Wildman–Crippen LogP) is 0.755. The Morgan fingerprint density at radius 3 is 1.04 bits per heavy atom. The quantitative estimate of drug-likeness (QED) is 0.350. The molecule has 0 aliphatic carbocycles. The number of nitrogens with zero attached hydrogens (tertiary/aromatic N) is 3. The molecular weight excluding hydrogens is 528 g/mol. The van der Waals surface area contributed by atoms with Crippen LogP contribution in [0, 0.1) is 0 Å². The lowest BCUT2D eigenvalue weighted by Crippen LogP contribution is -2.74. The van der Waals surface area contributed by atoms with Crippen LogP contribution in [-0.2, 0) is 14.2 Å². The maximum atomic E-state index is 11.5. The highest BCUT2D eigenvalue weighted by Gasteiger charge is 2.47. The molecule has 15 heteroatoms. The molecule has 1 aliphatic rings. The molecule has 0 spiro atoms. The first-order valence-corrected chi connectivity index (χ1v) is 8.25. The van der Waals surface area contributed by atoms with Gasteiger partial charge in [0.2, 0.25) is 0 Å². The molecule has 138 valence electrons. The van der Waals surface area contributed by atoms with E-state index in [-0.39, 0.29) is 0 Å². The van der Waals surface area contributed by atoms with Gasteiger partial charge in [0.15, 0.2) is 18.9 Å². The summed E-state index contributed by atoms with van der Waals surface area (Å²) in [5.74, 6) is 0. The Balaban J connectivity index is 3.07. The molecule has 0 radical (unpaired) electrons. The van der Waals surface area contributed by atoms with E-state index in [1.165, 1.54) is 33.1 Å². The van der Waals surface area contributed by atoms with Gasteiger partial charge in [0.25, 0.3) is 0 Å². The second kappa shape index (κ2) is 9.57. The van der Waals surface area contributed by atoms with Crippen molar-refractivity contribution < 1.29 is 28.6 Å². The van der Waals surface area contributed by atoms with Crippen molar-refractivity contribution in [3.8, 4) is 0 Å². The van der Waals surface area contributed by atoms with Crippen LogP contribution in [0.3, 0.4) is 0 Å². The van der Waals surface area contributed by atoms with E-state index in [1.54, 1.807) is 0 Å². The second-order valence-electron chi connectivity index (χ2n) is 4.06. The molecule has 0 unspecified atom stereocenters. The van der Waals surface area contributed by atoms with E-state index in [0.29, 0.717) is 0 Å². The molecule has 1 rings (SSSR count). The second-order valence-corrected chi connectivity index (χ2v) is 6.52. The topological polar surface area (TPSA) is 125 Å². The molecule has 1 aliphatic heterocycles. The van der Waals surface area contributed by atoms with Gasteiger partial charge in [-0.1, -0.05) is 0 Å². The van der Waals surface area contributed by atoms with Crippen molar-refractivity contribution in [2.24, 2.45) is 0 Å². The van der Waals surface area contributed by atoms with E-state index in [0.717, 1.165) is 0 Å².